The maximum Gasteiger partial charge on any atom is 0.0781 e. The van der Waals surface area contributed by atoms with Crippen LogP contribution in [0, 0.1) is 5.92 Å². The van der Waals surface area contributed by atoms with Gasteiger partial charge in [0.1, 0.15) is 0 Å². The standard InChI is InChI=1S/C17H24N2O2/c1-2-10-20-13-15-3-4-16-17(15)21-11-9-19(16)12-14-5-7-18-8-6-14/h2,5-8,15-17H,1,3-4,9-13H2/t15-,16+,17+/m0/s1. The van der Waals surface area contributed by atoms with Gasteiger partial charge in [0.15, 0.2) is 0 Å². The Labute approximate surface area is 126 Å². The molecular weight excluding hydrogens is 264 g/mol. The highest BCUT2D eigenvalue weighted by atomic mass is 16.5. The molecule has 1 aromatic rings. The molecule has 2 aliphatic rings. The summed E-state index contributed by atoms with van der Waals surface area (Å²) in [7, 11) is 0. The Kier molecular flexibility index (Phi) is 5.01. The topological polar surface area (TPSA) is 34.6 Å². The van der Waals surface area contributed by atoms with Crippen molar-refractivity contribution in [3.63, 3.8) is 0 Å². The third-order valence-corrected chi connectivity index (χ3v) is 4.54. The quantitative estimate of drug-likeness (QED) is 0.594. The molecule has 0 amide bonds. The normalized spacial score (nSPS) is 29.2. The maximum atomic E-state index is 6.05. The van der Waals surface area contributed by atoms with E-state index < -0.39 is 0 Å². The maximum absolute atomic E-state index is 6.05. The van der Waals surface area contributed by atoms with Gasteiger partial charge in [0.25, 0.3) is 0 Å². The fourth-order valence-corrected chi connectivity index (χ4v) is 3.54. The Morgan fingerprint density at radius 2 is 2.24 bits per heavy atom. The van der Waals surface area contributed by atoms with Crippen LogP contribution in [0.3, 0.4) is 0 Å². The van der Waals surface area contributed by atoms with E-state index in [4.69, 9.17) is 9.47 Å². The molecule has 114 valence electrons. The average molecular weight is 288 g/mol. The SMILES string of the molecule is C=CCOC[C@@H]1CC[C@@H]2[C@@H]1OCCN2Cc1ccncc1. The fraction of sp³-hybridized carbons (Fsp3) is 0.588. The molecule has 1 saturated heterocycles. The lowest BCUT2D eigenvalue weighted by molar-refractivity contribution is -0.0869. The Bertz CT molecular complexity index is 451. The van der Waals surface area contributed by atoms with E-state index in [0.717, 1.165) is 26.3 Å². The summed E-state index contributed by atoms with van der Waals surface area (Å²) in [4.78, 5) is 6.66. The smallest absolute Gasteiger partial charge is 0.0781 e. The number of morpholine rings is 1. The minimum absolute atomic E-state index is 0.324. The van der Waals surface area contributed by atoms with Crippen LogP contribution in [-0.2, 0) is 16.0 Å². The Morgan fingerprint density at radius 1 is 1.38 bits per heavy atom. The van der Waals surface area contributed by atoms with Gasteiger partial charge < -0.3 is 9.47 Å². The Hall–Kier alpha value is -1.23. The lowest BCUT2D eigenvalue weighted by Gasteiger charge is -2.39. The summed E-state index contributed by atoms with van der Waals surface area (Å²) in [6.07, 6.45) is 8.27. The first-order valence-electron chi connectivity index (χ1n) is 7.81. The van der Waals surface area contributed by atoms with Crippen LogP contribution in [0.2, 0.25) is 0 Å². The van der Waals surface area contributed by atoms with Crippen LogP contribution in [0.5, 0.6) is 0 Å². The van der Waals surface area contributed by atoms with E-state index >= 15 is 0 Å². The van der Waals surface area contributed by atoms with Crippen LogP contribution in [-0.4, -0.2) is 48.4 Å². The van der Waals surface area contributed by atoms with Crippen LogP contribution >= 0.6 is 0 Å². The van der Waals surface area contributed by atoms with Gasteiger partial charge in [-0.25, -0.2) is 0 Å². The van der Waals surface area contributed by atoms with Crippen molar-refractivity contribution >= 4 is 0 Å². The third kappa shape index (κ3) is 3.51. The van der Waals surface area contributed by atoms with Crippen LogP contribution < -0.4 is 0 Å². The average Bonchev–Trinajstić information content (AvgIpc) is 2.93. The molecule has 3 atom stereocenters. The van der Waals surface area contributed by atoms with Crippen molar-refractivity contribution in [2.24, 2.45) is 5.92 Å². The molecule has 0 N–H and O–H groups in total. The molecule has 3 rings (SSSR count). The van der Waals surface area contributed by atoms with Gasteiger partial charge >= 0.3 is 0 Å². The molecule has 2 heterocycles. The number of fused-ring (bicyclic) bond motifs is 1. The van der Waals surface area contributed by atoms with Crippen LogP contribution in [0.1, 0.15) is 18.4 Å². The molecular formula is C17H24N2O2. The molecule has 0 spiro atoms. The zero-order valence-corrected chi connectivity index (χ0v) is 12.5. The van der Waals surface area contributed by atoms with E-state index in [1.165, 1.54) is 18.4 Å². The molecule has 0 unspecified atom stereocenters. The zero-order chi connectivity index (χ0) is 14.5. The number of hydrogen-bond donors (Lipinski definition) is 0. The molecule has 21 heavy (non-hydrogen) atoms. The van der Waals surface area contributed by atoms with Gasteiger partial charge in [-0.2, -0.15) is 0 Å². The number of aromatic nitrogens is 1. The zero-order valence-electron chi connectivity index (χ0n) is 12.5. The van der Waals surface area contributed by atoms with E-state index in [1.807, 2.05) is 18.5 Å². The van der Waals surface area contributed by atoms with Gasteiger partial charge in [-0.15, -0.1) is 6.58 Å². The number of ether oxygens (including phenoxy) is 2. The molecule has 1 aliphatic carbocycles. The largest absolute Gasteiger partial charge is 0.377 e. The minimum atomic E-state index is 0.324. The summed E-state index contributed by atoms with van der Waals surface area (Å²) in [5.41, 5.74) is 1.33. The first-order valence-corrected chi connectivity index (χ1v) is 7.81. The molecule has 4 heteroatoms. The second-order valence-electron chi connectivity index (χ2n) is 5.89. The van der Waals surface area contributed by atoms with Crippen molar-refractivity contribution < 1.29 is 9.47 Å². The summed E-state index contributed by atoms with van der Waals surface area (Å²) >= 11 is 0. The van der Waals surface area contributed by atoms with Gasteiger partial charge in [-0.3, -0.25) is 9.88 Å². The monoisotopic (exact) mass is 288 g/mol. The second kappa shape index (κ2) is 7.16. The van der Waals surface area contributed by atoms with Gasteiger partial charge in [-0.05, 0) is 30.5 Å². The summed E-state index contributed by atoms with van der Waals surface area (Å²) in [6.45, 7) is 7.95. The van der Waals surface area contributed by atoms with E-state index in [9.17, 15) is 0 Å². The van der Waals surface area contributed by atoms with Crippen molar-refractivity contribution in [3.05, 3.63) is 42.7 Å². The van der Waals surface area contributed by atoms with Gasteiger partial charge in [0.05, 0.1) is 25.9 Å². The van der Waals surface area contributed by atoms with Gasteiger partial charge in [0, 0.05) is 37.4 Å². The number of hydrogen-bond acceptors (Lipinski definition) is 4. The summed E-state index contributed by atoms with van der Waals surface area (Å²) in [5, 5.41) is 0. The van der Waals surface area contributed by atoms with Gasteiger partial charge in [-0.1, -0.05) is 6.08 Å². The van der Waals surface area contributed by atoms with Gasteiger partial charge in [0.2, 0.25) is 0 Å². The molecule has 0 radical (unpaired) electrons. The Morgan fingerprint density at radius 3 is 3.05 bits per heavy atom. The minimum Gasteiger partial charge on any atom is -0.377 e. The van der Waals surface area contributed by atoms with E-state index in [2.05, 4.69) is 28.6 Å². The molecule has 1 aromatic heterocycles. The first kappa shape index (κ1) is 14.7. The van der Waals surface area contributed by atoms with Crippen molar-refractivity contribution in [2.45, 2.75) is 31.5 Å². The molecule has 4 nitrogen and oxygen atoms in total. The third-order valence-electron chi connectivity index (χ3n) is 4.54. The second-order valence-corrected chi connectivity index (χ2v) is 5.89. The predicted octanol–water partition coefficient (Wildman–Crippen LogP) is 2.26. The molecule has 1 saturated carbocycles. The Balaban J connectivity index is 1.59. The summed E-state index contributed by atoms with van der Waals surface area (Å²) < 4.78 is 11.7. The fourth-order valence-electron chi connectivity index (χ4n) is 3.54. The van der Waals surface area contributed by atoms with Crippen molar-refractivity contribution in [1.29, 1.82) is 0 Å². The first-order chi connectivity index (χ1) is 10.4. The number of pyridine rings is 1. The van der Waals surface area contributed by atoms with Crippen LogP contribution in [0.4, 0.5) is 0 Å². The molecule has 2 fully saturated rings. The van der Waals surface area contributed by atoms with Crippen molar-refractivity contribution in [2.75, 3.05) is 26.4 Å². The highest BCUT2D eigenvalue weighted by Crippen LogP contribution is 2.35. The molecule has 0 bridgehead atoms. The summed E-state index contributed by atoms with van der Waals surface area (Å²) in [5.74, 6) is 0.523. The lowest BCUT2D eigenvalue weighted by Crippen LogP contribution is -2.50. The summed E-state index contributed by atoms with van der Waals surface area (Å²) in [6, 6.07) is 4.73. The van der Waals surface area contributed by atoms with Crippen LogP contribution in [0.15, 0.2) is 37.2 Å². The molecule has 1 aliphatic heterocycles. The predicted molar refractivity (Wildman–Crippen MR) is 81.9 cm³/mol. The number of nitrogens with zero attached hydrogens (tertiary/aromatic N) is 2. The van der Waals surface area contributed by atoms with E-state index in [0.29, 0.717) is 24.7 Å². The number of rotatable bonds is 6. The van der Waals surface area contributed by atoms with Crippen molar-refractivity contribution in [3.8, 4) is 0 Å². The highest BCUT2D eigenvalue weighted by molar-refractivity contribution is 5.10. The van der Waals surface area contributed by atoms with Crippen molar-refractivity contribution in [1.82, 2.24) is 9.88 Å². The highest BCUT2D eigenvalue weighted by Gasteiger charge is 2.42. The van der Waals surface area contributed by atoms with E-state index in [1.54, 1.807) is 0 Å². The molecule has 0 aromatic carbocycles. The van der Waals surface area contributed by atoms with Crippen LogP contribution in [0.25, 0.3) is 0 Å². The van der Waals surface area contributed by atoms with E-state index in [-0.39, 0.29) is 0 Å². The lowest BCUT2D eigenvalue weighted by atomic mass is 10.0.